The average molecular weight is 243 g/mol. The molecule has 0 spiro atoms. The topological polar surface area (TPSA) is 32.3 Å². The Balaban J connectivity index is 2.05. The van der Waals surface area contributed by atoms with E-state index in [4.69, 9.17) is 5.11 Å². The van der Waals surface area contributed by atoms with E-state index in [1.54, 1.807) is 11.8 Å². The van der Waals surface area contributed by atoms with Gasteiger partial charge in [0.2, 0.25) is 0 Å². The van der Waals surface area contributed by atoms with E-state index in [0.717, 1.165) is 11.4 Å². The number of hydrogen-bond acceptors (Lipinski definition) is 3. The molecule has 1 aliphatic heterocycles. The second-order valence-electron chi connectivity index (χ2n) is 3.99. The third-order valence-electron chi connectivity index (χ3n) is 2.85. The molecule has 0 saturated carbocycles. The number of anilines is 2. The maximum absolute atomic E-state index is 9.09. The van der Waals surface area contributed by atoms with Crippen molar-refractivity contribution in [3.63, 3.8) is 0 Å². The first-order valence-corrected chi connectivity index (χ1v) is 6.47. The number of hydrogen-bond donors (Lipinski definition) is 2. The third-order valence-corrected chi connectivity index (χ3v) is 4.11. The van der Waals surface area contributed by atoms with Crippen LogP contribution in [0.4, 0.5) is 11.4 Å². The van der Waals surface area contributed by atoms with Gasteiger partial charge in [-0.25, -0.2) is 0 Å². The van der Waals surface area contributed by atoms with E-state index in [-0.39, 0.29) is 6.61 Å². The number of nitrogens with one attached hydrogen (secondary N) is 1. The molecule has 2 nitrogen and oxygen atoms in total. The lowest BCUT2D eigenvalue weighted by Crippen LogP contribution is -2.03. The predicted octanol–water partition coefficient (Wildman–Crippen LogP) is 3.43. The Morgan fingerprint density at radius 3 is 2.71 bits per heavy atom. The molecule has 0 radical (unpaired) electrons. The summed E-state index contributed by atoms with van der Waals surface area (Å²) < 4.78 is 0. The van der Waals surface area contributed by atoms with E-state index in [9.17, 15) is 0 Å². The smallest absolute Gasteiger partial charge is 0.0529 e. The number of aliphatic hydroxyl groups is 1. The Morgan fingerprint density at radius 1 is 1.00 bits per heavy atom. The lowest BCUT2D eigenvalue weighted by Gasteiger charge is -2.22. The van der Waals surface area contributed by atoms with Gasteiger partial charge in [0.05, 0.1) is 11.4 Å². The normalized spacial score (nSPS) is 12.5. The molecule has 3 rings (SSSR count). The average Bonchev–Trinajstić information content (AvgIpc) is 2.37. The second kappa shape index (κ2) is 4.43. The van der Waals surface area contributed by atoms with Crippen LogP contribution in [-0.2, 0) is 6.42 Å². The van der Waals surface area contributed by atoms with E-state index < -0.39 is 0 Å². The molecule has 1 aliphatic rings. The van der Waals surface area contributed by atoms with Crippen molar-refractivity contribution in [3.8, 4) is 0 Å². The monoisotopic (exact) mass is 243 g/mol. The van der Waals surface area contributed by atoms with Gasteiger partial charge in [0, 0.05) is 16.4 Å². The number of rotatable bonds is 2. The largest absolute Gasteiger partial charge is 0.396 e. The summed E-state index contributed by atoms with van der Waals surface area (Å²) in [4.78, 5) is 2.48. The maximum Gasteiger partial charge on any atom is 0.0529 e. The molecule has 3 heteroatoms. The van der Waals surface area contributed by atoms with Gasteiger partial charge in [-0.05, 0) is 30.2 Å². The molecule has 2 N–H and O–H groups in total. The van der Waals surface area contributed by atoms with Crippen molar-refractivity contribution in [2.75, 3.05) is 11.9 Å². The highest BCUT2D eigenvalue weighted by Gasteiger charge is 2.17. The van der Waals surface area contributed by atoms with E-state index in [2.05, 4.69) is 29.6 Å². The van der Waals surface area contributed by atoms with Crippen LogP contribution in [0.5, 0.6) is 0 Å². The maximum atomic E-state index is 9.09. The third kappa shape index (κ3) is 1.92. The highest BCUT2D eigenvalue weighted by atomic mass is 32.2. The highest BCUT2D eigenvalue weighted by molar-refractivity contribution is 7.99. The van der Waals surface area contributed by atoms with Crippen LogP contribution >= 0.6 is 11.8 Å². The summed E-state index contributed by atoms with van der Waals surface area (Å²) >= 11 is 1.78. The summed E-state index contributed by atoms with van der Waals surface area (Å²) in [6, 6.07) is 14.5. The highest BCUT2D eigenvalue weighted by Crippen LogP contribution is 2.45. The standard InChI is InChI=1S/C14H13NOS/c16-9-8-10-4-3-6-12-14(10)17-13-7-2-1-5-11(13)15-12/h1-7,15-16H,8-9H2. The van der Waals surface area contributed by atoms with E-state index in [1.165, 1.54) is 15.4 Å². The Labute approximate surface area is 105 Å². The van der Waals surface area contributed by atoms with Crippen LogP contribution in [0.1, 0.15) is 5.56 Å². The summed E-state index contributed by atoms with van der Waals surface area (Å²) in [6.07, 6.45) is 0.708. The van der Waals surface area contributed by atoms with Crippen molar-refractivity contribution in [2.24, 2.45) is 0 Å². The van der Waals surface area contributed by atoms with Crippen molar-refractivity contribution in [3.05, 3.63) is 48.0 Å². The molecule has 0 aromatic heterocycles. The predicted molar refractivity (Wildman–Crippen MR) is 71.1 cm³/mol. The van der Waals surface area contributed by atoms with Gasteiger partial charge in [0.25, 0.3) is 0 Å². The van der Waals surface area contributed by atoms with E-state index in [1.807, 2.05) is 18.2 Å². The fraction of sp³-hybridized carbons (Fsp3) is 0.143. The zero-order valence-electron chi connectivity index (χ0n) is 9.31. The molecule has 86 valence electrons. The first-order valence-electron chi connectivity index (χ1n) is 5.65. The molecule has 2 aromatic carbocycles. The summed E-state index contributed by atoms with van der Waals surface area (Å²) in [5.74, 6) is 0. The number of para-hydroxylation sites is 1. The van der Waals surface area contributed by atoms with Gasteiger partial charge < -0.3 is 10.4 Å². The van der Waals surface area contributed by atoms with Gasteiger partial charge in [-0.15, -0.1) is 0 Å². The second-order valence-corrected chi connectivity index (χ2v) is 5.04. The van der Waals surface area contributed by atoms with E-state index >= 15 is 0 Å². The van der Waals surface area contributed by atoms with Crippen molar-refractivity contribution < 1.29 is 5.11 Å². The minimum absolute atomic E-state index is 0.193. The van der Waals surface area contributed by atoms with Gasteiger partial charge in [0.1, 0.15) is 0 Å². The van der Waals surface area contributed by atoms with Gasteiger partial charge in [-0.1, -0.05) is 36.0 Å². The minimum Gasteiger partial charge on any atom is -0.396 e. The Kier molecular flexibility index (Phi) is 2.79. The van der Waals surface area contributed by atoms with Crippen LogP contribution in [-0.4, -0.2) is 11.7 Å². The zero-order chi connectivity index (χ0) is 11.7. The first kappa shape index (κ1) is 10.7. The van der Waals surface area contributed by atoms with Crippen molar-refractivity contribution in [2.45, 2.75) is 16.2 Å². The Hall–Kier alpha value is -1.45. The molecule has 0 saturated heterocycles. The number of fused-ring (bicyclic) bond motifs is 2. The van der Waals surface area contributed by atoms with Crippen LogP contribution in [0, 0.1) is 0 Å². The van der Waals surface area contributed by atoms with E-state index in [0.29, 0.717) is 6.42 Å². The quantitative estimate of drug-likeness (QED) is 0.723. The zero-order valence-corrected chi connectivity index (χ0v) is 10.1. The lowest BCUT2D eigenvalue weighted by atomic mass is 10.1. The summed E-state index contributed by atoms with van der Waals surface area (Å²) in [5, 5.41) is 12.5. The van der Waals surface area contributed by atoms with Crippen molar-refractivity contribution in [1.29, 1.82) is 0 Å². The van der Waals surface area contributed by atoms with Crippen LogP contribution in [0.3, 0.4) is 0 Å². The molecular formula is C14H13NOS. The summed E-state index contributed by atoms with van der Waals surface area (Å²) in [6.45, 7) is 0.193. The Bertz CT molecular complexity index is 554. The SMILES string of the molecule is OCCc1cccc2c1Sc1ccccc1N2. The first-order chi connectivity index (χ1) is 8.38. The summed E-state index contributed by atoms with van der Waals surface area (Å²) in [5.41, 5.74) is 3.50. The molecule has 0 amide bonds. The van der Waals surface area contributed by atoms with Crippen molar-refractivity contribution >= 4 is 23.1 Å². The Morgan fingerprint density at radius 2 is 1.82 bits per heavy atom. The molecule has 0 unspecified atom stereocenters. The van der Waals surface area contributed by atoms with Crippen LogP contribution in [0.15, 0.2) is 52.3 Å². The molecular weight excluding hydrogens is 230 g/mol. The van der Waals surface area contributed by atoms with Gasteiger partial charge in [-0.2, -0.15) is 0 Å². The fourth-order valence-corrected chi connectivity index (χ4v) is 3.16. The minimum atomic E-state index is 0.193. The lowest BCUT2D eigenvalue weighted by molar-refractivity contribution is 0.299. The molecule has 0 atom stereocenters. The van der Waals surface area contributed by atoms with Crippen LogP contribution in [0.25, 0.3) is 0 Å². The molecule has 0 bridgehead atoms. The van der Waals surface area contributed by atoms with Gasteiger partial charge >= 0.3 is 0 Å². The molecule has 17 heavy (non-hydrogen) atoms. The molecule has 0 aliphatic carbocycles. The van der Waals surface area contributed by atoms with Crippen LogP contribution in [0.2, 0.25) is 0 Å². The summed E-state index contributed by atoms with van der Waals surface area (Å²) in [7, 11) is 0. The number of benzene rings is 2. The van der Waals surface area contributed by atoms with Gasteiger partial charge in [-0.3, -0.25) is 0 Å². The number of aliphatic hydroxyl groups excluding tert-OH is 1. The van der Waals surface area contributed by atoms with Crippen molar-refractivity contribution in [1.82, 2.24) is 0 Å². The van der Waals surface area contributed by atoms with Crippen LogP contribution < -0.4 is 5.32 Å². The molecule has 0 fully saturated rings. The molecule has 2 aromatic rings. The molecule has 1 heterocycles. The van der Waals surface area contributed by atoms with Gasteiger partial charge in [0.15, 0.2) is 0 Å². The fourth-order valence-electron chi connectivity index (χ4n) is 2.04.